The summed E-state index contributed by atoms with van der Waals surface area (Å²) in [5.41, 5.74) is 0. The van der Waals surface area contributed by atoms with Crippen molar-refractivity contribution in [2.45, 2.75) is 32.2 Å². The van der Waals surface area contributed by atoms with Crippen LogP contribution in [0.5, 0.6) is 0 Å². The van der Waals surface area contributed by atoms with E-state index in [2.05, 4.69) is 10.2 Å². The average molecular weight is 219 g/mol. The molecule has 3 nitrogen and oxygen atoms in total. The summed E-state index contributed by atoms with van der Waals surface area (Å²) in [6, 6.07) is 0.364. The Morgan fingerprint density at radius 2 is 2.36 bits per heavy atom. The molecule has 0 saturated carbocycles. The maximum absolute atomic E-state index is 10.8. The molecule has 0 aromatic carbocycles. The molecule has 4 heteroatoms. The van der Waals surface area contributed by atoms with Crippen molar-refractivity contribution < 1.29 is 4.79 Å². The van der Waals surface area contributed by atoms with Crippen molar-refractivity contribution in [3.63, 3.8) is 0 Å². The Labute approximate surface area is 90.8 Å². The number of amides is 1. The maximum atomic E-state index is 10.8. The lowest BCUT2D eigenvalue weighted by Crippen LogP contribution is -2.35. The normalized spacial score (nSPS) is 22.6. The van der Waals surface area contributed by atoms with Gasteiger partial charge in [-0.25, -0.2) is 0 Å². The number of likely N-dealkylation sites (tertiary alicyclic amines) is 1. The quantitative estimate of drug-likeness (QED) is 0.556. The number of carbonyl (C=O) groups excluding carboxylic acids is 1. The smallest absolute Gasteiger partial charge is 0.217 e. The zero-order valence-electron chi connectivity index (χ0n) is 8.76. The highest BCUT2D eigenvalue weighted by Gasteiger charge is 2.21. The molecule has 14 heavy (non-hydrogen) atoms. The molecule has 1 amide bonds. The molecule has 1 unspecified atom stereocenters. The molecule has 82 valence electrons. The van der Waals surface area contributed by atoms with Crippen LogP contribution < -0.4 is 5.32 Å². The van der Waals surface area contributed by atoms with Crippen molar-refractivity contribution in [3.05, 3.63) is 0 Å². The van der Waals surface area contributed by atoms with Gasteiger partial charge in [0, 0.05) is 31.9 Å². The second-order valence-corrected chi connectivity index (χ2v) is 4.26. The number of nitrogens with zero attached hydrogens (tertiary/aromatic N) is 1. The SMILES string of the molecule is CC(=O)NC1CCN(CCCCCl)C1. The van der Waals surface area contributed by atoms with E-state index >= 15 is 0 Å². The first-order valence-corrected chi connectivity index (χ1v) is 5.81. The third-order valence-electron chi connectivity index (χ3n) is 2.54. The van der Waals surface area contributed by atoms with Crippen molar-refractivity contribution in [1.29, 1.82) is 0 Å². The standard InChI is InChI=1S/C10H19ClN2O/c1-9(14)12-10-4-7-13(8-10)6-3-2-5-11/h10H,2-8H2,1H3,(H,12,14). The molecule has 1 saturated heterocycles. The van der Waals surface area contributed by atoms with Crippen molar-refractivity contribution in [3.8, 4) is 0 Å². The van der Waals surface area contributed by atoms with Gasteiger partial charge in [0.05, 0.1) is 0 Å². The Morgan fingerprint density at radius 3 is 3.00 bits per heavy atom. The first-order chi connectivity index (χ1) is 6.72. The van der Waals surface area contributed by atoms with Gasteiger partial charge < -0.3 is 10.2 Å². The summed E-state index contributed by atoms with van der Waals surface area (Å²) in [5, 5.41) is 2.96. The summed E-state index contributed by atoms with van der Waals surface area (Å²) >= 11 is 5.61. The fourth-order valence-corrected chi connectivity index (χ4v) is 2.06. The Hall–Kier alpha value is -0.280. The Kier molecular flexibility index (Phi) is 5.26. The summed E-state index contributed by atoms with van der Waals surface area (Å²) in [6.45, 7) is 4.80. The summed E-state index contributed by atoms with van der Waals surface area (Å²) in [7, 11) is 0. The van der Waals surface area contributed by atoms with Crippen LogP contribution in [0.25, 0.3) is 0 Å². The van der Waals surface area contributed by atoms with E-state index in [4.69, 9.17) is 11.6 Å². The second-order valence-electron chi connectivity index (χ2n) is 3.88. The summed E-state index contributed by atoms with van der Waals surface area (Å²) in [4.78, 5) is 13.2. The molecular weight excluding hydrogens is 200 g/mol. The molecule has 0 spiro atoms. The van der Waals surface area contributed by atoms with Crippen LogP contribution in [-0.2, 0) is 4.79 Å². The molecular formula is C10H19ClN2O. The molecule has 1 aliphatic heterocycles. The van der Waals surface area contributed by atoms with Crippen LogP contribution in [0.4, 0.5) is 0 Å². The summed E-state index contributed by atoms with van der Waals surface area (Å²) in [5.74, 6) is 0.834. The molecule has 0 bridgehead atoms. The molecule has 1 heterocycles. The van der Waals surface area contributed by atoms with Crippen molar-refractivity contribution >= 4 is 17.5 Å². The number of alkyl halides is 1. The first kappa shape index (κ1) is 11.8. The van der Waals surface area contributed by atoms with Crippen LogP contribution in [0.2, 0.25) is 0 Å². The van der Waals surface area contributed by atoms with Crippen LogP contribution >= 0.6 is 11.6 Å². The fraction of sp³-hybridized carbons (Fsp3) is 0.900. The number of hydrogen-bond acceptors (Lipinski definition) is 2. The molecule has 1 aliphatic rings. The third kappa shape index (κ3) is 4.29. The Morgan fingerprint density at radius 1 is 1.57 bits per heavy atom. The van der Waals surface area contributed by atoms with Gasteiger partial charge in [0.2, 0.25) is 5.91 Å². The van der Waals surface area contributed by atoms with Crippen LogP contribution in [0, 0.1) is 0 Å². The van der Waals surface area contributed by atoms with E-state index in [1.54, 1.807) is 6.92 Å². The third-order valence-corrected chi connectivity index (χ3v) is 2.80. The topological polar surface area (TPSA) is 32.3 Å². The van der Waals surface area contributed by atoms with Crippen molar-refractivity contribution in [2.24, 2.45) is 0 Å². The largest absolute Gasteiger partial charge is 0.352 e. The molecule has 0 aromatic heterocycles. The lowest BCUT2D eigenvalue weighted by molar-refractivity contribution is -0.119. The van der Waals surface area contributed by atoms with Gasteiger partial charge >= 0.3 is 0 Å². The van der Waals surface area contributed by atoms with Gasteiger partial charge in [-0.15, -0.1) is 11.6 Å². The predicted octanol–water partition coefficient (Wildman–Crippen LogP) is 1.22. The van der Waals surface area contributed by atoms with Gasteiger partial charge in [-0.2, -0.15) is 0 Å². The fourth-order valence-electron chi connectivity index (χ4n) is 1.87. The number of halogens is 1. The van der Waals surface area contributed by atoms with Crippen LogP contribution in [0.1, 0.15) is 26.2 Å². The minimum absolute atomic E-state index is 0.0811. The molecule has 1 atom stereocenters. The molecule has 1 fully saturated rings. The monoisotopic (exact) mass is 218 g/mol. The number of carbonyl (C=O) groups is 1. The van der Waals surface area contributed by atoms with Crippen LogP contribution in [0.3, 0.4) is 0 Å². The number of hydrogen-bond donors (Lipinski definition) is 1. The molecule has 0 aliphatic carbocycles. The molecule has 1 N–H and O–H groups in total. The van der Waals surface area contributed by atoms with Gasteiger partial charge in [-0.05, 0) is 25.8 Å². The number of nitrogens with one attached hydrogen (secondary N) is 1. The molecule has 1 rings (SSSR count). The van der Waals surface area contributed by atoms with E-state index in [1.165, 1.54) is 0 Å². The average Bonchev–Trinajstić information content (AvgIpc) is 2.52. The van der Waals surface area contributed by atoms with Crippen LogP contribution in [-0.4, -0.2) is 42.4 Å². The highest BCUT2D eigenvalue weighted by molar-refractivity contribution is 6.17. The minimum atomic E-state index is 0.0811. The van der Waals surface area contributed by atoms with Gasteiger partial charge in [0.15, 0.2) is 0 Å². The number of rotatable bonds is 5. The van der Waals surface area contributed by atoms with Gasteiger partial charge in [-0.3, -0.25) is 4.79 Å². The summed E-state index contributed by atoms with van der Waals surface area (Å²) < 4.78 is 0. The zero-order chi connectivity index (χ0) is 10.4. The van der Waals surface area contributed by atoms with E-state index < -0.39 is 0 Å². The second kappa shape index (κ2) is 6.25. The van der Waals surface area contributed by atoms with Gasteiger partial charge in [-0.1, -0.05) is 0 Å². The van der Waals surface area contributed by atoms with Crippen molar-refractivity contribution in [1.82, 2.24) is 10.2 Å². The van der Waals surface area contributed by atoms with Crippen LogP contribution in [0.15, 0.2) is 0 Å². The van der Waals surface area contributed by atoms with Gasteiger partial charge in [0.25, 0.3) is 0 Å². The highest BCUT2D eigenvalue weighted by atomic mass is 35.5. The number of unbranched alkanes of at least 4 members (excludes halogenated alkanes) is 1. The predicted molar refractivity (Wildman–Crippen MR) is 58.6 cm³/mol. The van der Waals surface area contributed by atoms with E-state index in [-0.39, 0.29) is 5.91 Å². The van der Waals surface area contributed by atoms with Crippen molar-refractivity contribution in [2.75, 3.05) is 25.5 Å². The van der Waals surface area contributed by atoms with E-state index in [0.717, 1.165) is 44.8 Å². The van der Waals surface area contributed by atoms with E-state index in [1.807, 2.05) is 0 Å². The molecule has 0 aromatic rings. The Bertz CT molecular complexity index is 187. The lowest BCUT2D eigenvalue weighted by atomic mass is 10.2. The zero-order valence-corrected chi connectivity index (χ0v) is 9.52. The van der Waals surface area contributed by atoms with E-state index in [9.17, 15) is 4.79 Å². The Balaban J connectivity index is 2.11. The minimum Gasteiger partial charge on any atom is -0.352 e. The maximum Gasteiger partial charge on any atom is 0.217 e. The highest BCUT2D eigenvalue weighted by Crippen LogP contribution is 2.10. The summed E-state index contributed by atoms with van der Waals surface area (Å²) in [6.07, 6.45) is 3.33. The molecule has 0 radical (unpaired) electrons. The first-order valence-electron chi connectivity index (χ1n) is 5.28. The van der Waals surface area contributed by atoms with E-state index in [0.29, 0.717) is 6.04 Å². The lowest BCUT2D eigenvalue weighted by Gasteiger charge is -2.15. The van der Waals surface area contributed by atoms with Gasteiger partial charge in [0.1, 0.15) is 0 Å².